The summed E-state index contributed by atoms with van der Waals surface area (Å²) in [6.45, 7) is -0.980. The molecule has 3 amide bonds. The molecule has 0 aliphatic carbocycles. The van der Waals surface area contributed by atoms with Crippen molar-refractivity contribution in [2.24, 2.45) is 0 Å². The number of rotatable bonds is 10. The number of aromatic nitrogens is 1. The number of carbonyl (C=O) groups is 3. The van der Waals surface area contributed by atoms with Gasteiger partial charge >= 0.3 is 0 Å². The van der Waals surface area contributed by atoms with Gasteiger partial charge in [-0.05, 0) is 54.6 Å². The van der Waals surface area contributed by atoms with Gasteiger partial charge in [-0.3, -0.25) is 14.4 Å². The van der Waals surface area contributed by atoms with Crippen molar-refractivity contribution in [2.45, 2.75) is 6.54 Å². The monoisotopic (exact) mass is 582 g/mol. The van der Waals surface area contributed by atoms with Crippen LogP contribution in [0.15, 0.2) is 103 Å². The third kappa shape index (κ3) is 7.23. The smallest absolute Gasteiger partial charge is 0.271 e. The number of fused-ring (bicyclic) bond motifs is 1. The van der Waals surface area contributed by atoms with Gasteiger partial charge in [0.25, 0.3) is 5.91 Å². The number of halogens is 2. The number of ether oxygens (including phenoxy) is 1. The van der Waals surface area contributed by atoms with E-state index in [4.69, 9.17) is 4.74 Å². The zero-order chi connectivity index (χ0) is 30.3. The summed E-state index contributed by atoms with van der Waals surface area (Å²) in [7, 11) is 1.48. The van der Waals surface area contributed by atoms with E-state index in [1.165, 1.54) is 36.2 Å². The minimum Gasteiger partial charge on any atom is -0.457 e. The minimum absolute atomic E-state index is 0.0138. The second-order valence-electron chi connectivity index (χ2n) is 9.88. The second kappa shape index (κ2) is 13.0. The fourth-order valence-corrected chi connectivity index (χ4v) is 4.46. The van der Waals surface area contributed by atoms with E-state index in [1.807, 2.05) is 30.3 Å². The third-order valence-electron chi connectivity index (χ3n) is 6.69. The fourth-order valence-electron chi connectivity index (χ4n) is 4.46. The first kappa shape index (κ1) is 29.0. The predicted octanol–water partition coefficient (Wildman–Crippen LogP) is 5.98. The Labute approximate surface area is 246 Å². The number of aromatic amines is 1. The summed E-state index contributed by atoms with van der Waals surface area (Å²) in [6, 6.07) is 27.8. The first-order valence-corrected chi connectivity index (χ1v) is 13.4. The Hall–Kier alpha value is -5.51. The van der Waals surface area contributed by atoms with Gasteiger partial charge in [0.2, 0.25) is 11.8 Å². The molecule has 0 fully saturated rings. The first-order chi connectivity index (χ1) is 20.8. The number of nitrogens with zero attached hydrogens (tertiary/aromatic N) is 2. The molecule has 0 bridgehead atoms. The van der Waals surface area contributed by atoms with Crippen molar-refractivity contribution in [2.75, 3.05) is 25.5 Å². The summed E-state index contributed by atoms with van der Waals surface area (Å²) in [5.74, 6) is -1.53. The minimum atomic E-state index is -0.676. The molecule has 0 atom stereocenters. The van der Waals surface area contributed by atoms with Crippen LogP contribution in [-0.2, 0) is 16.1 Å². The lowest BCUT2D eigenvalue weighted by atomic mass is 10.2. The summed E-state index contributed by atoms with van der Waals surface area (Å²) in [4.78, 5) is 44.9. The Morgan fingerprint density at radius 1 is 0.791 bits per heavy atom. The Bertz CT molecular complexity index is 1760. The quantitative estimate of drug-likeness (QED) is 0.212. The van der Waals surface area contributed by atoms with Crippen molar-refractivity contribution < 1.29 is 27.9 Å². The first-order valence-electron chi connectivity index (χ1n) is 13.4. The number of anilines is 1. The SMILES string of the molecule is CN(Cc1ccccc1F)C(=O)CN(CC(=O)Nc1ccc(Oc2ccccc2)cc1)C(=O)c1cc2cccc(F)c2[nH]1. The number of hydrogen-bond acceptors (Lipinski definition) is 4. The van der Waals surface area contributed by atoms with Crippen LogP contribution in [0.2, 0.25) is 0 Å². The number of nitrogens with one attached hydrogen (secondary N) is 2. The molecule has 8 nitrogen and oxygen atoms in total. The highest BCUT2D eigenvalue weighted by molar-refractivity contribution is 6.02. The second-order valence-corrected chi connectivity index (χ2v) is 9.88. The lowest BCUT2D eigenvalue weighted by molar-refractivity contribution is -0.131. The Kier molecular flexibility index (Phi) is 8.76. The molecule has 2 N–H and O–H groups in total. The van der Waals surface area contributed by atoms with Crippen LogP contribution in [0.25, 0.3) is 10.9 Å². The van der Waals surface area contributed by atoms with Crippen LogP contribution in [0.5, 0.6) is 11.5 Å². The maximum Gasteiger partial charge on any atom is 0.271 e. The van der Waals surface area contributed by atoms with Crippen molar-refractivity contribution in [3.8, 4) is 11.5 Å². The average Bonchev–Trinajstić information content (AvgIpc) is 3.45. The number of carbonyl (C=O) groups excluding carboxylic acids is 3. The summed E-state index contributed by atoms with van der Waals surface area (Å²) in [5, 5.41) is 3.19. The number of likely N-dealkylation sites (N-methyl/N-ethyl adjacent to an activating group) is 1. The van der Waals surface area contributed by atoms with E-state index in [0.717, 1.165) is 4.90 Å². The summed E-state index contributed by atoms with van der Waals surface area (Å²) >= 11 is 0. The van der Waals surface area contributed by atoms with Crippen LogP contribution < -0.4 is 10.1 Å². The van der Waals surface area contributed by atoms with Crippen molar-refractivity contribution >= 4 is 34.3 Å². The zero-order valence-electron chi connectivity index (χ0n) is 23.2. The van der Waals surface area contributed by atoms with Crippen molar-refractivity contribution in [1.82, 2.24) is 14.8 Å². The molecule has 0 radical (unpaired) electrons. The van der Waals surface area contributed by atoms with Gasteiger partial charge in [-0.25, -0.2) is 8.78 Å². The average molecular weight is 583 g/mol. The van der Waals surface area contributed by atoms with Gasteiger partial charge in [0, 0.05) is 30.2 Å². The molecule has 43 heavy (non-hydrogen) atoms. The van der Waals surface area contributed by atoms with Gasteiger partial charge < -0.3 is 24.8 Å². The van der Waals surface area contributed by atoms with Crippen LogP contribution in [-0.4, -0.2) is 52.6 Å². The van der Waals surface area contributed by atoms with E-state index in [2.05, 4.69) is 10.3 Å². The third-order valence-corrected chi connectivity index (χ3v) is 6.69. The number of H-pyrrole nitrogens is 1. The standard InChI is InChI=1S/C33H28F2N4O4/c1-38(19-23-8-5-6-12-27(23)34)31(41)21-39(33(42)29-18-22-9-7-13-28(35)32(22)37-29)20-30(40)36-24-14-16-26(17-15-24)43-25-10-3-2-4-11-25/h2-18,37H,19-21H2,1H3,(H,36,40). The summed E-state index contributed by atoms with van der Waals surface area (Å²) < 4.78 is 34.2. The highest BCUT2D eigenvalue weighted by atomic mass is 19.1. The number of benzene rings is 4. The molecular weight excluding hydrogens is 554 g/mol. The predicted molar refractivity (Wildman–Crippen MR) is 159 cm³/mol. The summed E-state index contributed by atoms with van der Waals surface area (Å²) in [6.07, 6.45) is 0. The van der Waals surface area contributed by atoms with E-state index >= 15 is 0 Å². The molecule has 4 aromatic carbocycles. The highest BCUT2D eigenvalue weighted by Crippen LogP contribution is 2.23. The molecule has 0 saturated carbocycles. The maximum absolute atomic E-state index is 14.3. The zero-order valence-corrected chi connectivity index (χ0v) is 23.2. The Morgan fingerprint density at radius 3 is 2.19 bits per heavy atom. The molecule has 5 aromatic rings. The maximum atomic E-state index is 14.3. The number of para-hydroxylation sites is 2. The van der Waals surface area contributed by atoms with Gasteiger partial charge in [0.15, 0.2) is 0 Å². The molecule has 0 aliphatic rings. The van der Waals surface area contributed by atoms with Crippen molar-refractivity contribution in [1.29, 1.82) is 0 Å². The van der Waals surface area contributed by atoms with Crippen LogP contribution in [0.3, 0.4) is 0 Å². The van der Waals surface area contributed by atoms with Crippen LogP contribution in [0.4, 0.5) is 14.5 Å². The van der Waals surface area contributed by atoms with Gasteiger partial charge in [-0.1, -0.05) is 48.5 Å². The van der Waals surface area contributed by atoms with Crippen molar-refractivity contribution in [3.63, 3.8) is 0 Å². The van der Waals surface area contributed by atoms with Crippen LogP contribution >= 0.6 is 0 Å². The lowest BCUT2D eigenvalue weighted by Crippen LogP contribution is -2.45. The molecule has 0 spiro atoms. The normalized spacial score (nSPS) is 10.8. The Balaban J connectivity index is 1.31. The van der Waals surface area contributed by atoms with Gasteiger partial charge in [-0.2, -0.15) is 0 Å². The van der Waals surface area contributed by atoms with E-state index in [-0.39, 0.29) is 17.8 Å². The fraction of sp³-hybridized carbons (Fsp3) is 0.121. The van der Waals surface area contributed by atoms with Crippen LogP contribution in [0.1, 0.15) is 16.1 Å². The molecule has 218 valence electrons. The van der Waals surface area contributed by atoms with E-state index in [0.29, 0.717) is 28.1 Å². The van der Waals surface area contributed by atoms with Gasteiger partial charge in [0.1, 0.15) is 41.9 Å². The van der Waals surface area contributed by atoms with Crippen molar-refractivity contribution in [3.05, 3.63) is 126 Å². The topological polar surface area (TPSA) is 94.7 Å². The molecule has 10 heteroatoms. The van der Waals surface area contributed by atoms with Crippen LogP contribution in [0, 0.1) is 11.6 Å². The summed E-state index contributed by atoms with van der Waals surface area (Å²) in [5.41, 5.74) is 0.907. The Morgan fingerprint density at radius 2 is 1.47 bits per heavy atom. The number of hydrogen-bond donors (Lipinski definition) is 2. The molecule has 1 aromatic heterocycles. The molecule has 0 aliphatic heterocycles. The lowest BCUT2D eigenvalue weighted by Gasteiger charge is -2.25. The highest BCUT2D eigenvalue weighted by Gasteiger charge is 2.25. The molecule has 0 unspecified atom stereocenters. The molecule has 0 saturated heterocycles. The number of amides is 3. The van der Waals surface area contributed by atoms with Gasteiger partial charge in [-0.15, -0.1) is 0 Å². The van der Waals surface area contributed by atoms with E-state index in [1.54, 1.807) is 48.5 Å². The molecular formula is C33H28F2N4O4. The molecule has 1 heterocycles. The largest absolute Gasteiger partial charge is 0.457 e. The molecule has 5 rings (SSSR count). The van der Waals surface area contributed by atoms with E-state index < -0.39 is 42.4 Å². The van der Waals surface area contributed by atoms with E-state index in [9.17, 15) is 23.2 Å². The van der Waals surface area contributed by atoms with Gasteiger partial charge in [0.05, 0.1) is 5.52 Å².